The number of ether oxygens (including phenoxy) is 1. The van der Waals surface area contributed by atoms with Gasteiger partial charge >= 0.3 is 5.69 Å². The number of carbonyl (C=O) groups is 1. The summed E-state index contributed by atoms with van der Waals surface area (Å²) in [7, 11) is 1.38. The van der Waals surface area contributed by atoms with Gasteiger partial charge in [0.05, 0.1) is 22.6 Å². The second kappa shape index (κ2) is 8.48. The molecule has 8 heteroatoms. The number of methoxy groups -OCH3 is 1. The highest BCUT2D eigenvalue weighted by molar-refractivity contribution is 8.18. The standard InChI is InChI=1S/C21H21N3O4S/c1-5-23-20(25)19(12-15-8-9-18(28-4)17(11-15)24(26)27)29-21(23)22-16-10-13(2)6-7-14(16)3/h6-12H,5H2,1-4H3/b19-12+,22-21?. The molecule has 150 valence electrons. The third-order valence-electron chi connectivity index (χ3n) is 4.48. The molecule has 0 N–H and O–H groups in total. The predicted octanol–water partition coefficient (Wildman–Crippen LogP) is 4.84. The molecule has 0 bridgehead atoms. The molecule has 2 aromatic carbocycles. The van der Waals surface area contributed by atoms with Gasteiger partial charge in [0.25, 0.3) is 5.91 Å². The number of hydrogen-bond donors (Lipinski definition) is 0. The number of likely N-dealkylation sites (N-methyl/N-ethyl adjacent to an activating group) is 1. The molecule has 0 spiro atoms. The van der Waals surface area contributed by atoms with E-state index in [9.17, 15) is 14.9 Å². The number of nitro groups is 1. The van der Waals surface area contributed by atoms with E-state index >= 15 is 0 Å². The summed E-state index contributed by atoms with van der Waals surface area (Å²) >= 11 is 1.27. The molecule has 1 fully saturated rings. The van der Waals surface area contributed by atoms with Gasteiger partial charge in [-0.15, -0.1) is 0 Å². The Bertz CT molecular complexity index is 1050. The molecular formula is C21H21N3O4S. The molecule has 29 heavy (non-hydrogen) atoms. The highest BCUT2D eigenvalue weighted by Gasteiger charge is 2.32. The molecule has 1 saturated heterocycles. The molecule has 1 aliphatic heterocycles. The first-order chi connectivity index (χ1) is 13.8. The number of carbonyl (C=O) groups excluding carboxylic acids is 1. The summed E-state index contributed by atoms with van der Waals surface area (Å²) in [5, 5.41) is 11.9. The third kappa shape index (κ3) is 4.32. The minimum atomic E-state index is -0.504. The maximum Gasteiger partial charge on any atom is 0.311 e. The maximum atomic E-state index is 12.8. The van der Waals surface area contributed by atoms with Crippen molar-refractivity contribution in [3.63, 3.8) is 0 Å². The normalized spacial score (nSPS) is 16.7. The summed E-state index contributed by atoms with van der Waals surface area (Å²) in [6.07, 6.45) is 1.65. The van der Waals surface area contributed by atoms with Crippen molar-refractivity contribution in [3.05, 3.63) is 68.1 Å². The molecule has 1 aliphatic rings. The highest BCUT2D eigenvalue weighted by atomic mass is 32.2. The fraction of sp³-hybridized carbons (Fsp3) is 0.238. The Morgan fingerprint density at radius 3 is 2.66 bits per heavy atom. The lowest BCUT2D eigenvalue weighted by atomic mass is 10.1. The van der Waals surface area contributed by atoms with E-state index in [0.29, 0.717) is 22.2 Å². The van der Waals surface area contributed by atoms with Crippen molar-refractivity contribution in [2.45, 2.75) is 20.8 Å². The van der Waals surface area contributed by atoms with Crippen LogP contribution in [0.25, 0.3) is 6.08 Å². The zero-order valence-corrected chi connectivity index (χ0v) is 17.4. The van der Waals surface area contributed by atoms with Crippen molar-refractivity contribution >= 4 is 40.3 Å². The Labute approximate surface area is 173 Å². The minimum Gasteiger partial charge on any atom is -0.490 e. The first-order valence-electron chi connectivity index (χ1n) is 9.03. The quantitative estimate of drug-likeness (QED) is 0.399. The molecule has 1 amide bonds. The Morgan fingerprint density at radius 1 is 1.24 bits per heavy atom. The minimum absolute atomic E-state index is 0.145. The number of benzene rings is 2. The fourth-order valence-corrected chi connectivity index (χ4v) is 3.96. The van der Waals surface area contributed by atoms with Gasteiger partial charge in [-0.2, -0.15) is 0 Å². The average Bonchev–Trinajstić information content (AvgIpc) is 2.98. The first kappa shape index (κ1) is 20.6. The molecule has 0 radical (unpaired) electrons. The number of nitro benzene ring substituents is 1. The number of aliphatic imine (C=N–C) groups is 1. The van der Waals surface area contributed by atoms with Crippen LogP contribution in [0.4, 0.5) is 11.4 Å². The molecule has 3 rings (SSSR count). The molecule has 0 aliphatic carbocycles. The Morgan fingerprint density at radius 2 is 2.00 bits per heavy atom. The van der Waals surface area contributed by atoms with Gasteiger partial charge in [0.2, 0.25) is 0 Å². The SMILES string of the molecule is CCN1C(=O)/C(=C\c2ccc(OC)c([N+](=O)[O-])c2)SC1=Nc1cc(C)ccc1C. The second-order valence-corrected chi connectivity index (χ2v) is 7.54. The van der Waals surface area contributed by atoms with Crippen molar-refractivity contribution in [1.82, 2.24) is 4.90 Å². The van der Waals surface area contributed by atoms with E-state index in [1.807, 2.05) is 39.0 Å². The predicted molar refractivity (Wildman–Crippen MR) is 116 cm³/mol. The van der Waals surface area contributed by atoms with Gasteiger partial charge in [0, 0.05) is 12.6 Å². The van der Waals surface area contributed by atoms with Gasteiger partial charge in [-0.1, -0.05) is 18.2 Å². The van der Waals surface area contributed by atoms with Gasteiger partial charge in [0.15, 0.2) is 10.9 Å². The highest BCUT2D eigenvalue weighted by Crippen LogP contribution is 2.36. The second-order valence-electron chi connectivity index (χ2n) is 6.53. The Hall–Kier alpha value is -3.13. The van der Waals surface area contributed by atoms with E-state index in [0.717, 1.165) is 16.8 Å². The van der Waals surface area contributed by atoms with Crippen molar-refractivity contribution in [1.29, 1.82) is 0 Å². The lowest BCUT2D eigenvalue weighted by Gasteiger charge is -2.12. The van der Waals surface area contributed by atoms with E-state index in [2.05, 4.69) is 0 Å². The van der Waals surface area contributed by atoms with Crippen LogP contribution < -0.4 is 4.74 Å². The number of nitrogens with zero attached hydrogens (tertiary/aromatic N) is 3. The number of rotatable bonds is 5. The van der Waals surface area contributed by atoms with Gasteiger partial charge in [-0.3, -0.25) is 19.8 Å². The van der Waals surface area contributed by atoms with Crippen molar-refractivity contribution in [3.8, 4) is 5.75 Å². The Kier molecular flexibility index (Phi) is 6.03. The molecule has 0 aromatic heterocycles. The zero-order valence-electron chi connectivity index (χ0n) is 16.6. The number of hydrogen-bond acceptors (Lipinski definition) is 6. The van der Waals surface area contributed by atoms with Crippen molar-refractivity contribution < 1.29 is 14.5 Å². The van der Waals surface area contributed by atoms with Gasteiger partial charge in [-0.25, -0.2) is 4.99 Å². The summed E-state index contributed by atoms with van der Waals surface area (Å²) in [5.74, 6) is 0.00920. The fourth-order valence-electron chi connectivity index (χ4n) is 2.90. The monoisotopic (exact) mass is 411 g/mol. The van der Waals surface area contributed by atoms with Crippen LogP contribution in [-0.2, 0) is 4.79 Å². The van der Waals surface area contributed by atoms with E-state index in [1.165, 1.54) is 31.0 Å². The van der Waals surface area contributed by atoms with Crippen LogP contribution in [0.2, 0.25) is 0 Å². The topological polar surface area (TPSA) is 85.0 Å². The van der Waals surface area contributed by atoms with E-state index < -0.39 is 4.92 Å². The molecule has 0 saturated carbocycles. The summed E-state index contributed by atoms with van der Waals surface area (Å²) in [4.78, 5) is 30.4. The van der Waals surface area contributed by atoms with Crippen LogP contribution >= 0.6 is 11.8 Å². The molecule has 0 unspecified atom stereocenters. The van der Waals surface area contributed by atoms with Crippen LogP contribution in [0.15, 0.2) is 46.3 Å². The lowest BCUT2D eigenvalue weighted by Crippen LogP contribution is -2.28. The third-order valence-corrected chi connectivity index (χ3v) is 5.49. The van der Waals surface area contributed by atoms with E-state index in [4.69, 9.17) is 9.73 Å². The number of amides is 1. The van der Waals surface area contributed by atoms with Gasteiger partial charge in [0.1, 0.15) is 0 Å². The maximum absolute atomic E-state index is 12.8. The van der Waals surface area contributed by atoms with Gasteiger partial charge in [-0.05, 0) is 67.4 Å². The molecule has 0 atom stereocenters. The molecular weight excluding hydrogens is 390 g/mol. The smallest absolute Gasteiger partial charge is 0.311 e. The summed E-state index contributed by atoms with van der Waals surface area (Å²) in [5.41, 5.74) is 3.34. The van der Waals surface area contributed by atoms with Crippen molar-refractivity contribution in [2.24, 2.45) is 4.99 Å². The van der Waals surface area contributed by atoms with Gasteiger partial charge < -0.3 is 4.74 Å². The van der Waals surface area contributed by atoms with Crippen molar-refractivity contribution in [2.75, 3.05) is 13.7 Å². The zero-order chi connectivity index (χ0) is 21.1. The number of thioether (sulfide) groups is 1. The lowest BCUT2D eigenvalue weighted by molar-refractivity contribution is -0.385. The number of amidine groups is 1. The van der Waals surface area contributed by atoms with Crippen LogP contribution in [-0.4, -0.2) is 34.6 Å². The number of aryl methyl sites for hydroxylation is 2. The summed E-state index contributed by atoms with van der Waals surface area (Å²) in [6.45, 7) is 6.34. The van der Waals surface area contributed by atoms with Crippen LogP contribution in [0, 0.1) is 24.0 Å². The first-order valence-corrected chi connectivity index (χ1v) is 9.85. The largest absolute Gasteiger partial charge is 0.490 e. The van der Waals surface area contributed by atoms with E-state index in [-0.39, 0.29) is 17.3 Å². The average molecular weight is 411 g/mol. The van der Waals surface area contributed by atoms with Crippen LogP contribution in [0.5, 0.6) is 5.75 Å². The van der Waals surface area contributed by atoms with Crippen LogP contribution in [0.3, 0.4) is 0 Å². The Balaban J connectivity index is 1.99. The van der Waals surface area contributed by atoms with E-state index in [1.54, 1.807) is 17.0 Å². The van der Waals surface area contributed by atoms with Crippen LogP contribution in [0.1, 0.15) is 23.6 Å². The summed E-state index contributed by atoms with van der Waals surface area (Å²) < 4.78 is 5.03. The molecule has 7 nitrogen and oxygen atoms in total. The molecule has 2 aromatic rings. The summed E-state index contributed by atoms with van der Waals surface area (Å²) in [6, 6.07) is 10.6. The molecule has 1 heterocycles.